The number of hydrogen-bond donors (Lipinski definition) is 1. The normalized spacial score (nSPS) is 16.9. The maximum absolute atomic E-state index is 4.19. The summed E-state index contributed by atoms with van der Waals surface area (Å²) >= 11 is 3.36. The molecule has 0 aliphatic carbocycles. The van der Waals surface area contributed by atoms with Gasteiger partial charge in [-0.15, -0.1) is 10.2 Å². The highest BCUT2D eigenvalue weighted by molar-refractivity contribution is 9.10. The zero-order valence-electron chi connectivity index (χ0n) is 8.02. The lowest BCUT2D eigenvalue weighted by molar-refractivity contribution is 0.340. The second kappa shape index (κ2) is 3.53. The van der Waals surface area contributed by atoms with Crippen molar-refractivity contribution in [3.05, 3.63) is 22.8 Å². The molecular formula is C9H10BrN5. The van der Waals surface area contributed by atoms with Gasteiger partial charge in [0, 0.05) is 18.8 Å². The molecule has 0 atom stereocenters. The summed E-state index contributed by atoms with van der Waals surface area (Å²) in [5.74, 6) is 1.71. The molecule has 0 saturated carbocycles. The number of halogens is 1. The summed E-state index contributed by atoms with van der Waals surface area (Å²) in [6.07, 6.45) is 4.63. The molecule has 2 aromatic heterocycles. The van der Waals surface area contributed by atoms with Crippen molar-refractivity contribution in [3.63, 3.8) is 0 Å². The molecule has 1 aliphatic heterocycles. The van der Waals surface area contributed by atoms with Gasteiger partial charge in [0.1, 0.15) is 5.82 Å². The van der Waals surface area contributed by atoms with Crippen LogP contribution in [-0.4, -0.2) is 32.7 Å². The summed E-state index contributed by atoms with van der Waals surface area (Å²) in [5.41, 5.74) is 0.791. The van der Waals surface area contributed by atoms with Gasteiger partial charge in [0.25, 0.3) is 0 Å². The van der Waals surface area contributed by atoms with Crippen LogP contribution >= 0.6 is 15.9 Å². The topological polar surface area (TPSA) is 55.1 Å². The van der Waals surface area contributed by atoms with Crippen molar-refractivity contribution < 1.29 is 0 Å². The molecule has 15 heavy (non-hydrogen) atoms. The minimum atomic E-state index is 0.698. The number of nitrogens with zero attached hydrogens (tertiary/aromatic N) is 4. The monoisotopic (exact) mass is 267 g/mol. The molecule has 3 rings (SSSR count). The summed E-state index contributed by atoms with van der Waals surface area (Å²) in [6, 6.07) is 0. The van der Waals surface area contributed by atoms with Crippen molar-refractivity contribution in [1.29, 1.82) is 0 Å². The van der Waals surface area contributed by atoms with Gasteiger partial charge in [-0.1, -0.05) is 0 Å². The van der Waals surface area contributed by atoms with E-state index in [1.807, 2.05) is 10.6 Å². The fraction of sp³-hybridized carbons (Fsp3) is 0.444. The maximum Gasteiger partial charge on any atom is 0.193 e. The van der Waals surface area contributed by atoms with E-state index < -0.39 is 0 Å². The predicted octanol–water partition coefficient (Wildman–Crippen LogP) is 0.649. The maximum atomic E-state index is 4.19. The van der Waals surface area contributed by atoms with Gasteiger partial charge in [0.05, 0.1) is 0 Å². The van der Waals surface area contributed by atoms with Gasteiger partial charge in [0.2, 0.25) is 0 Å². The minimum absolute atomic E-state index is 0.698. The van der Waals surface area contributed by atoms with Crippen molar-refractivity contribution in [2.75, 3.05) is 13.1 Å². The van der Waals surface area contributed by atoms with Crippen molar-refractivity contribution in [2.45, 2.75) is 6.42 Å². The van der Waals surface area contributed by atoms with Gasteiger partial charge in [-0.2, -0.15) is 0 Å². The fourth-order valence-corrected chi connectivity index (χ4v) is 2.12. The van der Waals surface area contributed by atoms with Gasteiger partial charge < -0.3 is 5.32 Å². The summed E-state index contributed by atoms with van der Waals surface area (Å²) in [6.45, 7) is 2.17. The van der Waals surface area contributed by atoms with E-state index in [4.69, 9.17) is 0 Å². The quantitative estimate of drug-likeness (QED) is 0.868. The van der Waals surface area contributed by atoms with Crippen LogP contribution in [0.15, 0.2) is 17.0 Å². The van der Waals surface area contributed by atoms with Crippen molar-refractivity contribution in [2.24, 2.45) is 5.92 Å². The molecule has 1 fully saturated rings. The Morgan fingerprint density at radius 1 is 1.47 bits per heavy atom. The summed E-state index contributed by atoms with van der Waals surface area (Å²) in [5, 5.41) is 11.6. The Labute approximate surface area is 95.0 Å². The first-order valence-electron chi connectivity index (χ1n) is 4.89. The SMILES string of the molecule is Brc1nccn2c(CC3CNC3)nnc12. The third-order valence-electron chi connectivity index (χ3n) is 2.69. The molecule has 1 saturated heterocycles. The van der Waals surface area contributed by atoms with Gasteiger partial charge in [-0.05, 0) is 34.9 Å². The Kier molecular flexibility index (Phi) is 2.17. The van der Waals surface area contributed by atoms with Crippen LogP contribution in [0.5, 0.6) is 0 Å². The highest BCUT2D eigenvalue weighted by Gasteiger charge is 2.20. The molecule has 1 N–H and O–H groups in total. The average molecular weight is 268 g/mol. The first-order chi connectivity index (χ1) is 7.34. The zero-order valence-corrected chi connectivity index (χ0v) is 9.61. The van der Waals surface area contributed by atoms with Crippen LogP contribution in [0.1, 0.15) is 5.82 Å². The first-order valence-corrected chi connectivity index (χ1v) is 5.69. The second-order valence-electron chi connectivity index (χ2n) is 3.76. The van der Waals surface area contributed by atoms with Crippen LogP contribution in [0, 0.1) is 5.92 Å². The first kappa shape index (κ1) is 9.23. The molecule has 0 unspecified atom stereocenters. The van der Waals surface area contributed by atoms with Crippen molar-refractivity contribution >= 4 is 21.6 Å². The van der Waals surface area contributed by atoms with E-state index in [0.717, 1.165) is 35.6 Å². The molecule has 1 aliphatic rings. The van der Waals surface area contributed by atoms with E-state index in [2.05, 4.69) is 36.4 Å². The standard InChI is InChI=1S/C9H10BrN5/c10-8-9-14-13-7(3-6-4-11-5-6)15(9)2-1-12-8/h1-2,6,11H,3-5H2. The lowest BCUT2D eigenvalue weighted by Crippen LogP contribution is -2.43. The number of nitrogens with one attached hydrogen (secondary N) is 1. The number of hydrogen-bond acceptors (Lipinski definition) is 4. The zero-order chi connectivity index (χ0) is 10.3. The fourth-order valence-electron chi connectivity index (χ4n) is 1.73. The lowest BCUT2D eigenvalue weighted by atomic mass is 9.99. The molecule has 5 nitrogen and oxygen atoms in total. The summed E-state index contributed by atoms with van der Waals surface area (Å²) in [7, 11) is 0. The molecule has 6 heteroatoms. The molecule has 0 aromatic carbocycles. The minimum Gasteiger partial charge on any atom is -0.316 e. The molecule has 78 valence electrons. The molecule has 0 bridgehead atoms. The largest absolute Gasteiger partial charge is 0.316 e. The van der Waals surface area contributed by atoms with Crippen LogP contribution < -0.4 is 5.32 Å². The average Bonchev–Trinajstić information content (AvgIpc) is 2.56. The van der Waals surface area contributed by atoms with Gasteiger partial charge >= 0.3 is 0 Å². The van der Waals surface area contributed by atoms with Crippen molar-refractivity contribution in [1.82, 2.24) is 24.9 Å². The number of rotatable bonds is 2. The van der Waals surface area contributed by atoms with E-state index in [1.54, 1.807) is 6.20 Å². The highest BCUT2D eigenvalue weighted by atomic mass is 79.9. The molecular weight excluding hydrogens is 258 g/mol. The third kappa shape index (κ3) is 1.53. The van der Waals surface area contributed by atoms with Crippen molar-refractivity contribution in [3.8, 4) is 0 Å². The van der Waals surface area contributed by atoms with Crippen LogP contribution in [-0.2, 0) is 6.42 Å². The van der Waals surface area contributed by atoms with E-state index in [0.29, 0.717) is 5.92 Å². The third-order valence-corrected chi connectivity index (χ3v) is 3.25. The van der Waals surface area contributed by atoms with Gasteiger partial charge in [0.15, 0.2) is 10.3 Å². The smallest absolute Gasteiger partial charge is 0.193 e. The van der Waals surface area contributed by atoms with Crippen LogP contribution in [0.25, 0.3) is 5.65 Å². The van der Waals surface area contributed by atoms with Crippen LogP contribution in [0.3, 0.4) is 0 Å². The molecule has 0 radical (unpaired) electrons. The lowest BCUT2D eigenvalue weighted by Gasteiger charge is -2.26. The van der Waals surface area contributed by atoms with E-state index >= 15 is 0 Å². The highest BCUT2D eigenvalue weighted by Crippen LogP contribution is 2.16. The molecule has 2 aromatic rings. The van der Waals surface area contributed by atoms with Crippen LogP contribution in [0.2, 0.25) is 0 Å². The van der Waals surface area contributed by atoms with E-state index in [9.17, 15) is 0 Å². The Balaban J connectivity index is 2.00. The molecule has 3 heterocycles. The Morgan fingerprint density at radius 3 is 3.07 bits per heavy atom. The summed E-state index contributed by atoms with van der Waals surface area (Å²) < 4.78 is 2.74. The van der Waals surface area contributed by atoms with E-state index in [1.165, 1.54) is 0 Å². The van der Waals surface area contributed by atoms with E-state index in [-0.39, 0.29) is 0 Å². The Morgan fingerprint density at radius 2 is 2.33 bits per heavy atom. The molecule has 0 amide bonds. The van der Waals surface area contributed by atoms with Gasteiger partial charge in [-0.3, -0.25) is 4.40 Å². The van der Waals surface area contributed by atoms with Crippen LogP contribution in [0.4, 0.5) is 0 Å². The predicted molar refractivity (Wildman–Crippen MR) is 58.5 cm³/mol. The molecule has 0 spiro atoms. The Bertz CT molecular complexity index is 490. The number of fused-ring (bicyclic) bond motifs is 1. The summed E-state index contributed by atoms with van der Waals surface area (Å²) in [4.78, 5) is 4.11. The number of aromatic nitrogens is 4. The second-order valence-corrected chi connectivity index (χ2v) is 4.51. The Hall–Kier alpha value is -1.01. The van der Waals surface area contributed by atoms with Gasteiger partial charge in [-0.25, -0.2) is 4.98 Å².